The zero-order valence-electron chi connectivity index (χ0n) is 11.7. The van der Waals surface area contributed by atoms with Crippen molar-refractivity contribution in [1.29, 1.82) is 0 Å². The van der Waals surface area contributed by atoms with Crippen LogP contribution in [-0.4, -0.2) is 30.2 Å². The van der Waals surface area contributed by atoms with Crippen molar-refractivity contribution in [2.45, 2.75) is 52.9 Å². The van der Waals surface area contributed by atoms with Crippen LogP contribution in [0.3, 0.4) is 0 Å². The lowest BCUT2D eigenvalue weighted by molar-refractivity contribution is -0.137. The zero-order chi connectivity index (χ0) is 14.0. The van der Waals surface area contributed by atoms with Crippen molar-refractivity contribution in [3.8, 4) is 0 Å². The van der Waals surface area contributed by atoms with Gasteiger partial charge in [0.1, 0.15) is 0 Å². The summed E-state index contributed by atoms with van der Waals surface area (Å²) in [6, 6.07) is -0.212. The van der Waals surface area contributed by atoms with Crippen LogP contribution in [0.5, 0.6) is 0 Å². The first-order valence-electron chi connectivity index (χ1n) is 6.55. The maximum absolute atomic E-state index is 11.3. The van der Waals surface area contributed by atoms with Gasteiger partial charge in [-0.3, -0.25) is 4.79 Å². The number of carbonyl (C=O) groups excluding carboxylic acids is 1. The van der Waals surface area contributed by atoms with Crippen LogP contribution in [-0.2, 0) is 4.79 Å². The number of hydrogen-bond acceptors (Lipinski definition) is 2. The van der Waals surface area contributed by atoms with Gasteiger partial charge in [-0.1, -0.05) is 27.2 Å². The molecule has 0 unspecified atom stereocenters. The van der Waals surface area contributed by atoms with Gasteiger partial charge in [0.15, 0.2) is 0 Å². The van der Waals surface area contributed by atoms with Crippen LogP contribution in [0.1, 0.15) is 52.9 Å². The van der Waals surface area contributed by atoms with E-state index in [-0.39, 0.29) is 12.5 Å². The number of hydrogen-bond donors (Lipinski definition) is 3. The summed E-state index contributed by atoms with van der Waals surface area (Å²) in [5.41, 5.74) is 0.346. The molecule has 0 aromatic rings. The molecule has 2 amide bonds. The highest BCUT2D eigenvalue weighted by atomic mass is 16.4. The average molecular weight is 258 g/mol. The summed E-state index contributed by atoms with van der Waals surface area (Å²) in [6.45, 7) is 7.68. The molecule has 0 aliphatic rings. The fourth-order valence-corrected chi connectivity index (χ4v) is 1.49. The molecule has 0 saturated carbocycles. The van der Waals surface area contributed by atoms with Crippen LogP contribution in [0.15, 0.2) is 0 Å². The summed E-state index contributed by atoms with van der Waals surface area (Å²) in [7, 11) is 0. The van der Waals surface area contributed by atoms with Crippen LogP contribution < -0.4 is 10.6 Å². The molecule has 5 heteroatoms. The molecule has 0 spiro atoms. The lowest BCUT2D eigenvalue weighted by atomic mass is 9.90. The second-order valence-electron chi connectivity index (χ2n) is 5.70. The van der Waals surface area contributed by atoms with Gasteiger partial charge in [0.05, 0.1) is 0 Å². The van der Waals surface area contributed by atoms with Gasteiger partial charge in [-0.2, -0.15) is 0 Å². The smallest absolute Gasteiger partial charge is 0.314 e. The van der Waals surface area contributed by atoms with Crippen molar-refractivity contribution in [1.82, 2.24) is 10.6 Å². The predicted octanol–water partition coefficient (Wildman–Crippen LogP) is 2.37. The Morgan fingerprint density at radius 1 is 1.00 bits per heavy atom. The second-order valence-corrected chi connectivity index (χ2v) is 5.70. The Bertz CT molecular complexity index is 259. The molecular weight excluding hydrogens is 232 g/mol. The Labute approximate surface area is 109 Å². The molecule has 0 rings (SSSR count). The highest BCUT2D eigenvalue weighted by Gasteiger charge is 2.08. The summed E-state index contributed by atoms with van der Waals surface area (Å²) in [6.07, 6.45) is 3.77. The number of carbonyl (C=O) groups is 2. The lowest BCUT2D eigenvalue weighted by Crippen LogP contribution is -2.36. The van der Waals surface area contributed by atoms with Crippen molar-refractivity contribution in [2.75, 3.05) is 13.1 Å². The maximum atomic E-state index is 11.3. The molecule has 0 aromatic heterocycles. The second kappa shape index (κ2) is 8.78. The van der Waals surface area contributed by atoms with Crippen molar-refractivity contribution < 1.29 is 14.7 Å². The summed E-state index contributed by atoms with van der Waals surface area (Å²) in [5.74, 6) is -0.834. The van der Waals surface area contributed by atoms with E-state index in [9.17, 15) is 9.59 Å². The standard InChI is InChI=1S/C13H26N2O3/c1-13(2,3)8-4-5-9-14-12(18)15-10-6-7-11(16)17/h4-10H2,1-3H3,(H,16,17)(H2,14,15,18). The Morgan fingerprint density at radius 2 is 1.56 bits per heavy atom. The number of carboxylic acid groups (broad SMARTS) is 1. The highest BCUT2D eigenvalue weighted by molar-refractivity contribution is 5.73. The van der Waals surface area contributed by atoms with E-state index in [1.54, 1.807) is 0 Å². The quantitative estimate of drug-likeness (QED) is 0.585. The largest absolute Gasteiger partial charge is 0.481 e. The van der Waals surface area contributed by atoms with E-state index < -0.39 is 5.97 Å². The normalized spacial score (nSPS) is 11.1. The van der Waals surface area contributed by atoms with E-state index >= 15 is 0 Å². The third-order valence-electron chi connectivity index (χ3n) is 2.49. The fourth-order valence-electron chi connectivity index (χ4n) is 1.49. The Kier molecular flexibility index (Phi) is 8.16. The Balaban J connectivity index is 3.35. The van der Waals surface area contributed by atoms with Gasteiger partial charge < -0.3 is 15.7 Å². The van der Waals surface area contributed by atoms with Gasteiger partial charge in [0.2, 0.25) is 0 Å². The number of urea groups is 1. The van der Waals surface area contributed by atoms with Gasteiger partial charge >= 0.3 is 12.0 Å². The number of rotatable bonds is 8. The third kappa shape index (κ3) is 12.8. The molecule has 18 heavy (non-hydrogen) atoms. The SMILES string of the molecule is CC(C)(C)CCCCNC(=O)NCCCC(=O)O. The van der Waals surface area contributed by atoms with Gasteiger partial charge in [-0.25, -0.2) is 4.79 Å². The van der Waals surface area contributed by atoms with E-state index in [2.05, 4.69) is 31.4 Å². The number of amides is 2. The van der Waals surface area contributed by atoms with Crippen molar-refractivity contribution in [3.05, 3.63) is 0 Å². The first kappa shape index (κ1) is 16.7. The lowest BCUT2D eigenvalue weighted by Gasteiger charge is -2.17. The van der Waals surface area contributed by atoms with E-state index in [0.29, 0.717) is 24.9 Å². The van der Waals surface area contributed by atoms with Crippen molar-refractivity contribution >= 4 is 12.0 Å². The Hall–Kier alpha value is -1.26. The molecule has 0 atom stereocenters. The molecule has 0 bridgehead atoms. The Morgan fingerprint density at radius 3 is 2.06 bits per heavy atom. The van der Waals surface area contributed by atoms with Gasteiger partial charge in [-0.05, 0) is 24.7 Å². The third-order valence-corrected chi connectivity index (χ3v) is 2.49. The van der Waals surface area contributed by atoms with Crippen LogP contribution in [0.2, 0.25) is 0 Å². The highest BCUT2D eigenvalue weighted by Crippen LogP contribution is 2.20. The van der Waals surface area contributed by atoms with E-state index in [1.807, 2.05) is 0 Å². The molecule has 0 aromatic carbocycles. The number of nitrogens with one attached hydrogen (secondary N) is 2. The molecule has 0 saturated heterocycles. The van der Waals surface area contributed by atoms with E-state index in [0.717, 1.165) is 19.3 Å². The van der Waals surface area contributed by atoms with Gasteiger partial charge in [-0.15, -0.1) is 0 Å². The molecule has 0 heterocycles. The molecule has 0 aliphatic carbocycles. The zero-order valence-corrected chi connectivity index (χ0v) is 11.7. The summed E-state index contributed by atoms with van der Waals surface area (Å²) in [4.78, 5) is 21.5. The first-order valence-corrected chi connectivity index (χ1v) is 6.55. The van der Waals surface area contributed by atoms with Crippen LogP contribution in [0, 0.1) is 5.41 Å². The minimum atomic E-state index is -0.834. The number of unbranched alkanes of at least 4 members (excludes halogenated alkanes) is 1. The minimum absolute atomic E-state index is 0.0891. The number of carboxylic acids is 1. The van der Waals surface area contributed by atoms with Crippen LogP contribution >= 0.6 is 0 Å². The fraction of sp³-hybridized carbons (Fsp3) is 0.846. The van der Waals surface area contributed by atoms with Crippen LogP contribution in [0.4, 0.5) is 4.79 Å². The molecular formula is C13H26N2O3. The molecule has 0 aliphatic heterocycles. The summed E-state index contributed by atoms with van der Waals surface area (Å²) >= 11 is 0. The first-order chi connectivity index (χ1) is 8.31. The average Bonchev–Trinajstić information content (AvgIpc) is 2.22. The summed E-state index contributed by atoms with van der Waals surface area (Å²) < 4.78 is 0. The van der Waals surface area contributed by atoms with Gasteiger partial charge in [0.25, 0.3) is 0 Å². The van der Waals surface area contributed by atoms with E-state index in [1.165, 1.54) is 0 Å². The van der Waals surface area contributed by atoms with Gasteiger partial charge in [0, 0.05) is 19.5 Å². The monoisotopic (exact) mass is 258 g/mol. The predicted molar refractivity (Wildman–Crippen MR) is 71.6 cm³/mol. The maximum Gasteiger partial charge on any atom is 0.314 e. The molecule has 0 radical (unpaired) electrons. The summed E-state index contributed by atoms with van der Waals surface area (Å²) in [5, 5.41) is 13.8. The molecule has 3 N–H and O–H groups in total. The van der Waals surface area contributed by atoms with Crippen molar-refractivity contribution in [2.24, 2.45) is 5.41 Å². The number of aliphatic carboxylic acids is 1. The van der Waals surface area contributed by atoms with Crippen LogP contribution in [0.25, 0.3) is 0 Å². The molecule has 5 nitrogen and oxygen atoms in total. The van der Waals surface area contributed by atoms with Crippen molar-refractivity contribution in [3.63, 3.8) is 0 Å². The minimum Gasteiger partial charge on any atom is -0.481 e. The topological polar surface area (TPSA) is 78.4 Å². The molecule has 0 fully saturated rings. The molecule has 106 valence electrons. The van der Waals surface area contributed by atoms with E-state index in [4.69, 9.17) is 5.11 Å².